The fourth-order valence-corrected chi connectivity index (χ4v) is 2.09. The molecule has 22 heavy (non-hydrogen) atoms. The van der Waals surface area contributed by atoms with Gasteiger partial charge in [0.15, 0.2) is 0 Å². The quantitative estimate of drug-likeness (QED) is 0.641. The average molecular weight is 320 g/mol. The van der Waals surface area contributed by atoms with Gasteiger partial charge in [0.05, 0.1) is 10.6 Å². The first-order valence-corrected chi connectivity index (χ1v) is 7.17. The second kappa shape index (κ2) is 5.89. The molecule has 0 aromatic heterocycles. The lowest BCUT2D eigenvalue weighted by molar-refractivity contribution is 0.00696. The number of phenols is 1. The summed E-state index contributed by atoms with van der Waals surface area (Å²) < 4.78 is 5.31. The van der Waals surface area contributed by atoms with Crippen LogP contribution >= 0.6 is 11.6 Å². The van der Waals surface area contributed by atoms with E-state index in [1.807, 2.05) is 0 Å². The van der Waals surface area contributed by atoms with E-state index in [0.717, 1.165) is 5.56 Å². The zero-order valence-corrected chi connectivity index (χ0v) is 13.4. The number of carbonyl (C=O) groups is 1. The Bertz CT molecular complexity index is 720. The Hall–Kier alpha value is -2.20. The molecule has 0 bridgehead atoms. The lowest BCUT2D eigenvalue weighted by Gasteiger charge is -2.19. The van der Waals surface area contributed by atoms with Crippen molar-refractivity contribution in [3.63, 3.8) is 0 Å². The summed E-state index contributed by atoms with van der Waals surface area (Å²) in [6, 6.07) is 9.80. The van der Waals surface area contributed by atoms with Crippen LogP contribution in [0.1, 0.15) is 31.1 Å². The minimum absolute atomic E-state index is 0.0187. The van der Waals surface area contributed by atoms with Crippen molar-refractivity contribution in [1.82, 2.24) is 0 Å². The SMILES string of the molecule is CC(C)(C)OC(=O)c1ccc(-c2ccc(Cl)c(O)c2)c(N)c1. The van der Waals surface area contributed by atoms with E-state index in [0.29, 0.717) is 16.8 Å². The maximum absolute atomic E-state index is 12.0. The van der Waals surface area contributed by atoms with Crippen LogP contribution in [0.2, 0.25) is 5.02 Å². The lowest BCUT2D eigenvalue weighted by Crippen LogP contribution is -2.23. The number of esters is 1. The molecule has 5 heteroatoms. The Morgan fingerprint density at radius 3 is 2.41 bits per heavy atom. The monoisotopic (exact) mass is 319 g/mol. The highest BCUT2D eigenvalue weighted by Gasteiger charge is 2.18. The first kappa shape index (κ1) is 16.2. The normalized spacial score (nSPS) is 11.3. The van der Waals surface area contributed by atoms with E-state index in [4.69, 9.17) is 22.1 Å². The summed E-state index contributed by atoms with van der Waals surface area (Å²) >= 11 is 5.79. The number of hydrogen-bond donors (Lipinski definition) is 2. The van der Waals surface area contributed by atoms with Crippen LogP contribution in [0.5, 0.6) is 5.75 Å². The number of halogens is 1. The van der Waals surface area contributed by atoms with Crippen molar-refractivity contribution >= 4 is 23.3 Å². The van der Waals surface area contributed by atoms with Crippen LogP contribution in [-0.2, 0) is 4.74 Å². The molecular weight excluding hydrogens is 302 g/mol. The molecule has 0 aliphatic carbocycles. The standard InChI is InChI=1S/C17H18ClNO3/c1-17(2,3)22-16(21)11-4-6-12(14(19)8-11)10-5-7-13(18)15(20)9-10/h4-9,20H,19H2,1-3H3. The summed E-state index contributed by atoms with van der Waals surface area (Å²) in [5.74, 6) is -0.445. The first-order valence-electron chi connectivity index (χ1n) is 6.79. The van der Waals surface area contributed by atoms with Crippen molar-refractivity contribution in [2.75, 3.05) is 5.73 Å². The highest BCUT2D eigenvalue weighted by Crippen LogP contribution is 2.33. The van der Waals surface area contributed by atoms with Gasteiger partial charge in [-0.15, -0.1) is 0 Å². The molecule has 0 aliphatic rings. The molecule has 0 radical (unpaired) electrons. The molecule has 0 saturated carbocycles. The van der Waals surface area contributed by atoms with Crippen molar-refractivity contribution in [2.24, 2.45) is 0 Å². The number of ether oxygens (including phenoxy) is 1. The van der Waals surface area contributed by atoms with Crippen molar-refractivity contribution in [3.8, 4) is 16.9 Å². The number of benzene rings is 2. The van der Waals surface area contributed by atoms with E-state index in [1.165, 1.54) is 6.07 Å². The molecule has 0 amide bonds. The number of rotatable bonds is 2. The number of aromatic hydroxyl groups is 1. The second-order valence-corrected chi connectivity index (χ2v) is 6.38. The molecule has 0 fully saturated rings. The Kier molecular flexibility index (Phi) is 4.33. The van der Waals surface area contributed by atoms with Crippen LogP contribution in [-0.4, -0.2) is 16.7 Å². The number of carbonyl (C=O) groups excluding carboxylic acids is 1. The zero-order valence-electron chi connectivity index (χ0n) is 12.7. The first-order chi connectivity index (χ1) is 10.2. The fraction of sp³-hybridized carbons (Fsp3) is 0.235. The summed E-state index contributed by atoms with van der Waals surface area (Å²) in [4.78, 5) is 12.0. The summed E-state index contributed by atoms with van der Waals surface area (Å²) in [6.45, 7) is 5.41. The van der Waals surface area contributed by atoms with Gasteiger partial charge in [-0.05, 0) is 50.6 Å². The maximum Gasteiger partial charge on any atom is 0.338 e. The molecule has 0 saturated heterocycles. The summed E-state index contributed by atoms with van der Waals surface area (Å²) in [7, 11) is 0. The third-order valence-corrected chi connectivity index (χ3v) is 3.26. The second-order valence-electron chi connectivity index (χ2n) is 5.97. The predicted octanol–water partition coefficient (Wildman–Crippen LogP) is 4.25. The van der Waals surface area contributed by atoms with Crippen LogP contribution < -0.4 is 5.73 Å². The predicted molar refractivity (Wildman–Crippen MR) is 88.1 cm³/mol. The van der Waals surface area contributed by atoms with Crippen molar-refractivity contribution in [1.29, 1.82) is 0 Å². The average Bonchev–Trinajstić information content (AvgIpc) is 2.40. The Labute approximate surface area is 134 Å². The number of phenolic OH excluding ortho intramolecular Hbond substituents is 1. The summed E-state index contributed by atoms with van der Waals surface area (Å²) in [5.41, 5.74) is 7.69. The van der Waals surface area contributed by atoms with E-state index >= 15 is 0 Å². The van der Waals surface area contributed by atoms with E-state index in [-0.39, 0.29) is 10.8 Å². The number of nitrogen functional groups attached to an aromatic ring is 1. The highest BCUT2D eigenvalue weighted by molar-refractivity contribution is 6.32. The lowest BCUT2D eigenvalue weighted by atomic mass is 10.0. The highest BCUT2D eigenvalue weighted by atomic mass is 35.5. The van der Waals surface area contributed by atoms with Gasteiger partial charge in [-0.25, -0.2) is 4.79 Å². The van der Waals surface area contributed by atoms with E-state index in [9.17, 15) is 9.90 Å². The Morgan fingerprint density at radius 1 is 1.18 bits per heavy atom. The molecule has 3 N–H and O–H groups in total. The van der Waals surface area contributed by atoms with Gasteiger partial charge in [-0.1, -0.05) is 23.7 Å². The molecule has 0 spiro atoms. The zero-order chi connectivity index (χ0) is 16.5. The van der Waals surface area contributed by atoms with Crippen LogP contribution in [0.4, 0.5) is 5.69 Å². The minimum Gasteiger partial charge on any atom is -0.506 e. The van der Waals surface area contributed by atoms with Crippen LogP contribution in [0.3, 0.4) is 0 Å². The summed E-state index contributed by atoms with van der Waals surface area (Å²) in [5, 5.41) is 9.95. The molecule has 4 nitrogen and oxygen atoms in total. The van der Waals surface area contributed by atoms with Crippen molar-refractivity contribution in [2.45, 2.75) is 26.4 Å². The van der Waals surface area contributed by atoms with E-state index in [1.54, 1.807) is 51.1 Å². The molecule has 0 atom stereocenters. The van der Waals surface area contributed by atoms with Crippen molar-refractivity contribution in [3.05, 3.63) is 47.0 Å². The molecular formula is C17H18ClNO3. The molecule has 0 aliphatic heterocycles. The maximum atomic E-state index is 12.0. The largest absolute Gasteiger partial charge is 0.506 e. The van der Waals surface area contributed by atoms with Crippen LogP contribution in [0.25, 0.3) is 11.1 Å². The number of anilines is 1. The summed E-state index contributed by atoms with van der Waals surface area (Å²) in [6.07, 6.45) is 0. The number of hydrogen-bond acceptors (Lipinski definition) is 4. The van der Waals surface area contributed by atoms with Gasteiger partial charge in [-0.2, -0.15) is 0 Å². The minimum atomic E-state index is -0.563. The molecule has 2 aromatic rings. The fourth-order valence-electron chi connectivity index (χ4n) is 1.97. The molecule has 2 rings (SSSR count). The molecule has 116 valence electrons. The van der Waals surface area contributed by atoms with E-state index in [2.05, 4.69) is 0 Å². The van der Waals surface area contributed by atoms with Crippen LogP contribution in [0.15, 0.2) is 36.4 Å². The third kappa shape index (κ3) is 3.71. The van der Waals surface area contributed by atoms with Crippen molar-refractivity contribution < 1.29 is 14.6 Å². The van der Waals surface area contributed by atoms with E-state index < -0.39 is 11.6 Å². The Morgan fingerprint density at radius 2 is 1.86 bits per heavy atom. The van der Waals surface area contributed by atoms with Gasteiger partial charge in [-0.3, -0.25) is 0 Å². The van der Waals surface area contributed by atoms with Gasteiger partial charge < -0.3 is 15.6 Å². The number of nitrogens with two attached hydrogens (primary N) is 1. The third-order valence-electron chi connectivity index (χ3n) is 2.94. The van der Waals surface area contributed by atoms with Gasteiger partial charge >= 0.3 is 5.97 Å². The molecule has 2 aromatic carbocycles. The van der Waals surface area contributed by atoms with Crippen LogP contribution in [0, 0.1) is 0 Å². The van der Waals surface area contributed by atoms with Gasteiger partial charge in [0.2, 0.25) is 0 Å². The van der Waals surface area contributed by atoms with Gasteiger partial charge in [0.25, 0.3) is 0 Å². The molecule has 0 unspecified atom stereocenters. The van der Waals surface area contributed by atoms with Gasteiger partial charge in [0.1, 0.15) is 11.4 Å². The molecule has 0 heterocycles. The van der Waals surface area contributed by atoms with Gasteiger partial charge in [0, 0.05) is 11.3 Å². The Balaban J connectivity index is 2.34. The smallest absolute Gasteiger partial charge is 0.338 e. The topological polar surface area (TPSA) is 72.5 Å².